The van der Waals surface area contributed by atoms with Gasteiger partial charge in [-0.05, 0) is 32.8 Å². The first-order valence-electron chi connectivity index (χ1n) is 6.53. The van der Waals surface area contributed by atoms with Crippen molar-refractivity contribution in [3.8, 4) is 0 Å². The van der Waals surface area contributed by atoms with Gasteiger partial charge in [-0.15, -0.1) is 0 Å². The fraction of sp³-hybridized carbons (Fsp3) is 0.467. The van der Waals surface area contributed by atoms with E-state index in [4.69, 9.17) is 18.0 Å². The third kappa shape index (κ3) is 5.39. The van der Waals surface area contributed by atoms with Gasteiger partial charge >= 0.3 is 0 Å². The highest BCUT2D eigenvalue weighted by molar-refractivity contribution is 7.80. The van der Waals surface area contributed by atoms with Crippen molar-refractivity contribution in [1.82, 2.24) is 4.90 Å². The molecule has 104 valence electrons. The second kappa shape index (κ2) is 7.24. The molecule has 0 saturated heterocycles. The zero-order chi connectivity index (χ0) is 14.4. The van der Waals surface area contributed by atoms with Gasteiger partial charge in [0.25, 0.3) is 0 Å². The first kappa shape index (κ1) is 15.6. The van der Waals surface area contributed by atoms with Crippen molar-refractivity contribution >= 4 is 23.1 Å². The van der Waals surface area contributed by atoms with Crippen LogP contribution < -0.4 is 5.73 Å². The lowest BCUT2D eigenvalue weighted by atomic mass is 10.1. The van der Waals surface area contributed by atoms with Gasteiger partial charge in [0, 0.05) is 12.5 Å². The highest BCUT2D eigenvalue weighted by Crippen LogP contribution is 2.09. The molecule has 0 spiro atoms. The molecule has 2 N–H and O–H groups in total. The van der Waals surface area contributed by atoms with E-state index in [1.807, 2.05) is 13.8 Å². The topological polar surface area (TPSA) is 46.3 Å². The van der Waals surface area contributed by atoms with E-state index in [-0.39, 0.29) is 11.9 Å². The molecule has 0 aliphatic rings. The van der Waals surface area contributed by atoms with E-state index >= 15 is 0 Å². The zero-order valence-electron chi connectivity index (χ0n) is 11.8. The Bertz CT molecular complexity index is 440. The second-order valence-corrected chi connectivity index (χ2v) is 5.59. The molecule has 0 heterocycles. The van der Waals surface area contributed by atoms with Crippen LogP contribution in [0.5, 0.6) is 0 Å². The van der Waals surface area contributed by atoms with Gasteiger partial charge < -0.3 is 10.6 Å². The molecule has 1 aromatic rings. The molecule has 1 rings (SSSR count). The smallest absolute Gasteiger partial charge is 0.223 e. The Labute approximate surface area is 120 Å². The minimum atomic E-state index is 0.100. The third-order valence-corrected chi connectivity index (χ3v) is 3.15. The van der Waals surface area contributed by atoms with Crippen molar-refractivity contribution in [3.05, 3.63) is 35.4 Å². The number of aryl methyl sites for hydroxylation is 2. The maximum Gasteiger partial charge on any atom is 0.223 e. The highest BCUT2D eigenvalue weighted by atomic mass is 32.1. The Morgan fingerprint density at radius 1 is 1.32 bits per heavy atom. The lowest BCUT2D eigenvalue weighted by molar-refractivity contribution is -0.131. The Morgan fingerprint density at radius 3 is 2.37 bits per heavy atom. The summed E-state index contributed by atoms with van der Waals surface area (Å²) in [7, 11) is 0. The standard InChI is InChI=1S/C15H22N2OS/c1-11(2)17(10-14(16)19)15(18)9-8-13-6-4-12(3)5-7-13/h4-7,11H,8-10H2,1-3H3,(H2,16,19). The van der Waals surface area contributed by atoms with Gasteiger partial charge in [0.1, 0.15) is 0 Å². The van der Waals surface area contributed by atoms with Crippen LogP contribution in [0.3, 0.4) is 0 Å². The normalized spacial score (nSPS) is 10.5. The van der Waals surface area contributed by atoms with Gasteiger partial charge in [-0.1, -0.05) is 42.0 Å². The van der Waals surface area contributed by atoms with Gasteiger partial charge in [0.15, 0.2) is 0 Å². The van der Waals surface area contributed by atoms with Gasteiger partial charge in [-0.3, -0.25) is 4.79 Å². The van der Waals surface area contributed by atoms with Crippen LogP contribution in [0.4, 0.5) is 0 Å². The van der Waals surface area contributed by atoms with E-state index < -0.39 is 0 Å². The molecular weight excluding hydrogens is 256 g/mol. The maximum atomic E-state index is 12.2. The van der Waals surface area contributed by atoms with Crippen molar-refractivity contribution in [2.45, 2.75) is 39.7 Å². The molecule has 0 radical (unpaired) electrons. The zero-order valence-corrected chi connectivity index (χ0v) is 12.7. The van der Waals surface area contributed by atoms with Crippen LogP contribution in [-0.2, 0) is 11.2 Å². The molecule has 4 heteroatoms. The third-order valence-electron chi connectivity index (χ3n) is 3.02. The number of thiocarbonyl (C=S) groups is 1. The van der Waals surface area contributed by atoms with Crippen LogP contribution in [-0.4, -0.2) is 28.4 Å². The van der Waals surface area contributed by atoms with Crippen LogP contribution in [0.15, 0.2) is 24.3 Å². The molecule has 0 aliphatic heterocycles. The monoisotopic (exact) mass is 278 g/mol. The van der Waals surface area contributed by atoms with Crippen molar-refractivity contribution in [2.24, 2.45) is 5.73 Å². The summed E-state index contributed by atoms with van der Waals surface area (Å²) in [5, 5.41) is 0. The number of carbonyl (C=O) groups is 1. The van der Waals surface area contributed by atoms with Crippen molar-refractivity contribution in [1.29, 1.82) is 0 Å². The Hall–Kier alpha value is -1.42. The number of benzene rings is 1. The SMILES string of the molecule is Cc1ccc(CCC(=O)N(CC(N)=S)C(C)C)cc1. The minimum absolute atomic E-state index is 0.100. The molecule has 3 nitrogen and oxygen atoms in total. The van der Waals surface area contributed by atoms with E-state index in [0.717, 1.165) is 6.42 Å². The van der Waals surface area contributed by atoms with Crippen LogP contribution in [0.2, 0.25) is 0 Å². The first-order chi connectivity index (χ1) is 8.90. The molecule has 1 amide bonds. The van der Waals surface area contributed by atoms with Crippen LogP contribution in [0.25, 0.3) is 0 Å². The Balaban J connectivity index is 2.57. The quantitative estimate of drug-likeness (QED) is 0.813. The molecule has 19 heavy (non-hydrogen) atoms. The van der Waals surface area contributed by atoms with Crippen molar-refractivity contribution < 1.29 is 4.79 Å². The van der Waals surface area contributed by atoms with Gasteiger partial charge in [0.2, 0.25) is 5.91 Å². The molecule has 0 fully saturated rings. The molecule has 0 atom stereocenters. The average Bonchev–Trinajstić information content (AvgIpc) is 2.34. The van der Waals surface area contributed by atoms with Crippen LogP contribution in [0.1, 0.15) is 31.4 Å². The molecular formula is C15H22N2OS. The average molecular weight is 278 g/mol. The molecule has 1 aromatic carbocycles. The lowest BCUT2D eigenvalue weighted by Crippen LogP contribution is -2.42. The molecule has 0 saturated carbocycles. The fourth-order valence-electron chi connectivity index (χ4n) is 1.88. The lowest BCUT2D eigenvalue weighted by Gasteiger charge is -2.26. The van der Waals surface area contributed by atoms with E-state index in [9.17, 15) is 4.79 Å². The van der Waals surface area contributed by atoms with E-state index in [1.54, 1.807) is 4.90 Å². The number of hydrogen-bond acceptors (Lipinski definition) is 2. The molecule has 0 bridgehead atoms. The van der Waals surface area contributed by atoms with Gasteiger partial charge in [-0.2, -0.15) is 0 Å². The Morgan fingerprint density at radius 2 is 1.89 bits per heavy atom. The number of rotatable bonds is 6. The molecule has 0 unspecified atom stereocenters. The van der Waals surface area contributed by atoms with E-state index in [1.165, 1.54) is 11.1 Å². The van der Waals surface area contributed by atoms with E-state index in [2.05, 4.69) is 31.2 Å². The summed E-state index contributed by atoms with van der Waals surface area (Å²) in [5.41, 5.74) is 7.94. The number of nitrogens with two attached hydrogens (primary N) is 1. The Kier molecular flexibility index (Phi) is 5.96. The van der Waals surface area contributed by atoms with Crippen LogP contribution in [0, 0.1) is 6.92 Å². The summed E-state index contributed by atoms with van der Waals surface area (Å²) in [6.07, 6.45) is 1.24. The van der Waals surface area contributed by atoms with Crippen LogP contribution >= 0.6 is 12.2 Å². The summed E-state index contributed by atoms with van der Waals surface area (Å²) in [4.78, 5) is 14.3. The molecule has 0 aliphatic carbocycles. The van der Waals surface area contributed by atoms with E-state index in [0.29, 0.717) is 18.0 Å². The minimum Gasteiger partial charge on any atom is -0.392 e. The number of nitrogens with zero attached hydrogens (tertiary/aromatic N) is 1. The summed E-state index contributed by atoms with van der Waals surface area (Å²) in [5.74, 6) is 0.100. The number of carbonyl (C=O) groups excluding carboxylic acids is 1. The van der Waals surface area contributed by atoms with Crippen molar-refractivity contribution in [2.75, 3.05) is 6.54 Å². The number of hydrogen-bond donors (Lipinski definition) is 1. The largest absolute Gasteiger partial charge is 0.392 e. The van der Waals surface area contributed by atoms with Gasteiger partial charge in [-0.25, -0.2) is 0 Å². The first-order valence-corrected chi connectivity index (χ1v) is 6.94. The summed E-state index contributed by atoms with van der Waals surface area (Å²) < 4.78 is 0. The number of amides is 1. The maximum absolute atomic E-state index is 12.2. The second-order valence-electron chi connectivity index (χ2n) is 5.07. The fourth-order valence-corrected chi connectivity index (χ4v) is 2.02. The van der Waals surface area contributed by atoms with Gasteiger partial charge in [0.05, 0.1) is 11.5 Å². The predicted molar refractivity (Wildman–Crippen MR) is 83.1 cm³/mol. The molecule has 0 aromatic heterocycles. The summed E-state index contributed by atoms with van der Waals surface area (Å²) >= 11 is 4.89. The predicted octanol–water partition coefficient (Wildman–Crippen LogP) is 2.45. The summed E-state index contributed by atoms with van der Waals surface area (Å²) in [6.45, 7) is 6.36. The highest BCUT2D eigenvalue weighted by Gasteiger charge is 2.17. The van der Waals surface area contributed by atoms with Crippen molar-refractivity contribution in [3.63, 3.8) is 0 Å². The summed E-state index contributed by atoms with van der Waals surface area (Å²) in [6, 6.07) is 8.38.